The Bertz CT molecular complexity index is 1160. The minimum absolute atomic E-state index is 0.128. The number of aryl methyl sites for hydroxylation is 1. The molecule has 0 atom stereocenters. The Kier molecular flexibility index (Phi) is 4.19. The molecular formula is C21H17N3O4. The van der Waals surface area contributed by atoms with Crippen LogP contribution in [0.1, 0.15) is 5.69 Å². The van der Waals surface area contributed by atoms with Crippen molar-refractivity contribution in [3.63, 3.8) is 0 Å². The van der Waals surface area contributed by atoms with Crippen LogP contribution in [0.2, 0.25) is 0 Å². The number of nitrogens with one attached hydrogen (secondary N) is 1. The van der Waals surface area contributed by atoms with Gasteiger partial charge in [0.05, 0.1) is 12.8 Å². The van der Waals surface area contributed by atoms with Gasteiger partial charge in [-0.1, -0.05) is 30.3 Å². The molecule has 2 aromatic carbocycles. The van der Waals surface area contributed by atoms with Crippen molar-refractivity contribution in [2.75, 3.05) is 12.0 Å². The summed E-state index contributed by atoms with van der Waals surface area (Å²) in [5.41, 5.74) is 1.78. The number of barbiturate groups is 1. The maximum Gasteiger partial charge on any atom is 0.336 e. The summed E-state index contributed by atoms with van der Waals surface area (Å²) >= 11 is 0. The highest BCUT2D eigenvalue weighted by atomic mass is 16.5. The monoisotopic (exact) mass is 375 g/mol. The summed E-state index contributed by atoms with van der Waals surface area (Å²) in [4.78, 5) is 38.7. The molecule has 0 aliphatic carbocycles. The third-order valence-corrected chi connectivity index (χ3v) is 4.71. The Hall–Kier alpha value is -3.87. The number of urea groups is 1. The molecule has 28 heavy (non-hydrogen) atoms. The van der Waals surface area contributed by atoms with Gasteiger partial charge in [0.2, 0.25) is 0 Å². The molecular weight excluding hydrogens is 358 g/mol. The summed E-state index contributed by atoms with van der Waals surface area (Å²) in [5, 5.41) is 3.21. The number of imide groups is 2. The van der Waals surface area contributed by atoms with Gasteiger partial charge in [-0.05, 0) is 30.3 Å². The zero-order valence-corrected chi connectivity index (χ0v) is 15.3. The number of hydrogen-bond acceptors (Lipinski definition) is 4. The molecule has 0 bridgehead atoms. The number of fused-ring (bicyclic) bond motifs is 1. The molecule has 0 unspecified atom stereocenters. The Labute approximate surface area is 160 Å². The van der Waals surface area contributed by atoms with Crippen molar-refractivity contribution < 1.29 is 19.1 Å². The highest BCUT2D eigenvalue weighted by Crippen LogP contribution is 2.31. The zero-order valence-electron chi connectivity index (χ0n) is 15.3. The van der Waals surface area contributed by atoms with Crippen molar-refractivity contribution >= 4 is 40.5 Å². The highest BCUT2D eigenvalue weighted by Gasteiger charge is 2.38. The lowest BCUT2D eigenvalue weighted by molar-refractivity contribution is -0.122. The van der Waals surface area contributed by atoms with Crippen molar-refractivity contribution in [1.82, 2.24) is 9.88 Å². The molecule has 1 aliphatic heterocycles. The summed E-state index contributed by atoms with van der Waals surface area (Å²) in [6.07, 6.45) is 1.49. The van der Waals surface area contributed by atoms with Gasteiger partial charge in [-0.15, -0.1) is 0 Å². The first-order chi connectivity index (χ1) is 13.5. The summed E-state index contributed by atoms with van der Waals surface area (Å²) in [6.45, 7) is 0. The van der Waals surface area contributed by atoms with Gasteiger partial charge < -0.3 is 9.30 Å². The average molecular weight is 375 g/mol. The fourth-order valence-corrected chi connectivity index (χ4v) is 3.29. The van der Waals surface area contributed by atoms with E-state index in [1.54, 1.807) is 24.3 Å². The summed E-state index contributed by atoms with van der Waals surface area (Å²) in [6, 6.07) is 15.4. The largest absolute Gasteiger partial charge is 0.495 e. The van der Waals surface area contributed by atoms with E-state index in [1.807, 2.05) is 41.9 Å². The van der Waals surface area contributed by atoms with E-state index in [4.69, 9.17) is 4.74 Å². The maximum absolute atomic E-state index is 13.1. The summed E-state index contributed by atoms with van der Waals surface area (Å²) in [7, 11) is 3.30. The van der Waals surface area contributed by atoms with E-state index >= 15 is 0 Å². The molecule has 4 amide bonds. The molecule has 7 heteroatoms. The summed E-state index contributed by atoms with van der Waals surface area (Å²) in [5.74, 6) is -1.08. The van der Waals surface area contributed by atoms with E-state index in [0.29, 0.717) is 11.4 Å². The molecule has 0 spiro atoms. The first-order valence-corrected chi connectivity index (χ1v) is 8.60. The van der Waals surface area contributed by atoms with Crippen molar-refractivity contribution in [1.29, 1.82) is 0 Å². The van der Waals surface area contributed by atoms with E-state index in [0.717, 1.165) is 15.8 Å². The van der Waals surface area contributed by atoms with Crippen LogP contribution in [-0.2, 0) is 16.6 Å². The molecule has 1 aliphatic rings. The van der Waals surface area contributed by atoms with Crippen LogP contribution in [0.25, 0.3) is 17.0 Å². The topological polar surface area (TPSA) is 80.6 Å². The lowest BCUT2D eigenvalue weighted by Gasteiger charge is -2.27. The lowest BCUT2D eigenvalue weighted by atomic mass is 10.1. The van der Waals surface area contributed by atoms with Crippen molar-refractivity contribution in [2.45, 2.75) is 0 Å². The minimum Gasteiger partial charge on any atom is -0.495 e. The van der Waals surface area contributed by atoms with E-state index in [9.17, 15) is 14.4 Å². The van der Waals surface area contributed by atoms with E-state index in [-0.39, 0.29) is 11.3 Å². The normalized spacial score (nSPS) is 16.0. The lowest BCUT2D eigenvalue weighted by Crippen LogP contribution is -2.54. The number of methoxy groups -OCH3 is 1. The number of carbonyl (C=O) groups excluding carboxylic acids is 3. The fourth-order valence-electron chi connectivity index (χ4n) is 3.29. The number of para-hydroxylation sites is 3. The van der Waals surface area contributed by atoms with Crippen LogP contribution in [-0.4, -0.2) is 29.5 Å². The summed E-state index contributed by atoms with van der Waals surface area (Å²) < 4.78 is 7.13. The molecule has 1 fully saturated rings. The fraction of sp³-hybridized carbons (Fsp3) is 0.0952. The Morgan fingerprint density at radius 2 is 1.71 bits per heavy atom. The van der Waals surface area contributed by atoms with Crippen LogP contribution >= 0.6 is 0 Å². The molecule has 0 saturated carbocycles. The van der Waals surface area contributed by atoms with Crippen LogP contribution in [0.5, 0.6) is 5.75 Å². The molecule has 2 heterocycles. The van der Waals surface area contributed by atoms with Gasteiger partial charge in [0, 0.05) is 23.6 Å². The van der Waals surface area contributed by atoms with Crippen LogP contribution < -0.4 is 15.0 Å². The van der Waals surface area contributed by atoms with Crippen molar-refractivity contribution in [3.05, 3.63) is 65.9 Å². The standard InChI is InChI=1S/C21H17N3O4/c1-23-14(11-13-7-3-4-8-16(13)23)12-15-19(25)22-21(27)24(20(15)26)17-9-5-6-10-18(17)28-2/h3-12H,1-2H3,(H,22,25,27)/b15-12+. The number of anilines is 1. The number of hydrogen-bond donors (Lipinski definition) is 1. The minimum atomic E-state index is -0.811. The van der Waals surface area contributed by atoms with Gasteiger partial charge >= 0.3 is 6.03 Å². The van der Waals surface area contributed by atoms with Crippen LogP contribution in [0.4, 0.5) is 10.5 Å². The van der Waals surface area contributed by atoms with Crippen molar-refractivity contribution in [3.8, 4) is 5.75 Å². The quantitative estimate of drug-likeness (QED) is 0.564. The van der Waals surface area contributed by atoms with Crippen LogP contribution in [0.3, 0.4) is 0 Å². The van der Waals surface area contributed by atoms with Crippen LogP contribution in [0.15, 0.2) is 60.2 Å². The first kappa shape index (κ1) is 17.5. The number of ether oxygens (including phenoxy) is 1. The number of benzene rings is 2. The average Bonchev–Trinajstić information content (AvgIpc) is 3.01. The second kappa shape index (κ2) is 6.70. The zero-order chi connectivity index (χ0) is 19.8. The van der Waals surface area contributed by atoms with Gasteiger partial charge in [-0.25, -0.2) is 9.69 Å². The van der Waals surface area contributed by atoms with E-state index < -0.39 is 17.8 Å². The molecule has 0 radical (unpaired) electrons. The molecule has 1 aromatic heterocycles. The van der Waals surface area contributed by atoms with Gasteiger partial charge in [-0.3, -0.25) is 14.9 Å². The SMILES string of the molecule is COc1ccccc1N1C(=O)NC(=O)/C(=C\c2cc3ccccc3n2C)C1=O. The van der Waals surface area contributed by atoms with Gasteiger partial charge in [0.15, 0.2) is 0 Å². The Morgan fingerprint density at radius 1 is 1.00 bits per heavy atom. The molecule has 140 valence electrons. The van der Waals surface area contributed by atoms with Gasteiger partial charge in [0.25, 0.3) is 11.8 Å². The molecule has 1 saturated heterocycles. The Balaban J connectivity index is 1.81. The third kappa shape index (κ3) is 2.73. The molecule has 7 nitrogen and oxygen atoms in total. The maximum atomic E-state index is 13.1. The van der Waals surface area contributed by atoms with Gasteiger partial charge in [0.1, 0.15) is 11.3 Å². The Morgan fingerprint density at radius 3 is 2.46 bits per heavy atom. The second-order valence-electron chi connectivity index (χ2n) is 6.32. The molecule has 1 N–H and O–H groups in total. The highest BCUT2D eigenvalue weighted by molar-refractivity contribution is 6.39. The number of amides is 4. The number of aromatic nitrogens is 1. The smallest absolute Gasteiger partial charge is 0.336 e. The van der Waals surface area contributed by atoms with Crippen molar-refractivity contribution in [2.24, 2.45) is 7.05 Å². The van der Waals surface area contributed by atoms with E-state index in [1.165, 1.54) is 13.2 Å². The number of carbonyl (C=O) groups is 3. The second-order valence-corrected chi connectivity index (χ2v) is 6.32. The predicted octanol–water partition coefficient (Wildman–Crippen LogP) is 2.85. The number of rotatable bonds is 3. The number of nitrogens with zero attached hydrogens (tertiary/aromatic N) is 2. The van der Waals surface area contributed by atoms with Crippen LogP contribution in [0, 0.1) is 0 Å². The first-order valence-electron chi connectivity index (χ1n) is 8.60. The third-order valence-electron chi connectivity index (χ3n) is 4.71. The molecule has 3 aromatic rings. The van der Waals surface area contributed by atoms with E-state index in [2.05, 4.69) is 5.32 Å². The predicted molar refractivity (Wildman–Crippen MR) is 105 cm³/mol. The molecule has 4 rings (SSSR count). The van der Waals surface area contributed by atoms with Gasteiger partial charge in [-0.2, -0.15) is 0 Å².